The maximum atomic E-state index is 11.7. The first-order valence-electron chi connectivity index (χ1n) is 8.11. The maximum Gasteiger partial charge on any atom is 0.412 e. The number of rotatable bonds is 6. The first-order chi connectivity index (χ1) is 11.4. The molecule has 0 saturated carbocycles. The van der Waals surface area contributed by atoms with Gasteiger partial charge in [-0.15, -0.1) is 0 Å². The van der Waals surface area contributed by atoms with Crippen LogP contribution < -0.4 is 10.6 Å². The van der Waals surface area contributed by atoms with Gasteiger partial charge in [-0.05, 0) is 63.1 Å². The van der Waals surface area contributed by atoms with E-state index in [9.17, 15) is 4.79 Å². The molecule has 0 unspecified atom stereocenters. The molecule has 5 heteroatoms. The monoisotopic (exact) mass is 327 g/mol. The van der Waals surface area contributed by atoms with Crippen LogP contribution in [0.5, 0.6) is 0 Å². The number of ether oxygens (including phenoxy) is 1. The largest absolute Gasteiger partial charge is 0.444 e. The summed E-state index contributed by atoms with van der Waals surface area (Å²) >= 11 is 0. The van der Waals surface area contributed by atoms with Crippen molar-refractivity contribution in [2.24, 2.45) is 0 Å². The number of pyridine rings is 1. The SMILES string of the molecule is CC(C)(C)OC(=O)Nc1ccc(CCNCc2cccnc2)cc1. The summed E-state index contributed by atoms with van der Waals surface area (Å²) < 4.78 is 5.23. The molecule has 2 N–H and O–H groups in total. The molecule has 1 aromatic carbocycles. The van der Waals surface area contributed by atoms with E-state index in [0.29, 0.717) is 0 Å². The van der Waals surface area contributed by atoms with Crippen molar-refractivity contribution < 1.29 is 9.53 Å². The number of hydrogen-bond donors (Lipinski definition) is 2. The minimum atomic E-state index is -0.496. The molecule has 1 amide bonds. The van der Waals surface area contributed by atoms with Crippen LogP contribution >= 0.6 is 0 Å². The Bertz CT molecular complexity index is 634. The normalized spacial score (nSPS) is 11.1. The summed E-state index contributed by atoms with van der Waals surface area (Å²) in [5, 5.41) is 6.12. The Morgan fingerprint density at radius 1 is 1.12 bits per heavy atom. The van der Waals surface area contributed by atoms with Gasteiger partial charge >= 0.3 is 6.09 Å². The Balaban J connectivity index is 1.73. The van der Waals surface area contributed by atoms with E-state index in [2.05, 4.69) is 21.7 Å². The Labute approximate surface area is 143 Å². The van der Waals surface area contributed by atoms with Crippen molar-refractivity contribution in [3.63, 3.8) is 0 Å². The summed E-state index contributed by atoms with van der Waals surface area (Å²) in [6.45, 7) is 7.22. The van der Waals surface area contributed by atoms with Crippen molar-refractivity contribution in [2.75, 3.05) is 11.9 Å². The van der Waals surface area contributed by atoms with E-state index < -0.39 is 11.7 Å². The van der Waals surface area contributed by atoms with Gasteiger partial charge in [0.25, 0.3) is 0 Å². The number of amides is 1. The Kier molecular flexibility index (Phi) is 6.32. The fourth-order valence-electron chi connectivity index (χ4n) is 2.14. The number of anilines is 1. The predicted octanol–water partition coefficient (Wildman–Crippen LogP) is 3.76. The van der Waals surface area contributed by atoms with E-state index in [1.54, 1.807) is 6.20 Å². The van der Waals surface area contributed by atoms with Crippen molar-refractivity contribution in [3.05, 3.63) is 59.9 Å². The van der Waals surface area contributed by atoms with Gasteiger partial charge in [0.05, 0.1) is 0 Å². The molecule has 1 heterocycles. The maximum absolute atomic E-state index is 11.7. The minimum absolute atomic E-state index is 0.437. The van der Waals surface area contributed by atoms with Crippen LogP contribution in [0.25, 0.3) is 0 Å². The quantitative estimate of drug-likeness (QED) is 0.793. The van der Waals surface area contributed by atoms with Crippen molar-refractivity contribution in [1.82, 2.24) is 10.3 Å². The summed E-state index contributed by atoms with van der Waals surface area (Å²) in [6, 6.07) is 11.8. The Morgan fingerprint density at radius 2 is 1.88 bits per heavy atom. The zero-order valence-corrected chi connectivity index (χ0v) is 14.5. The van der Waals surface area contributed by atoms with Gasteiger partial charge in [-0.3, -0.25) is 10.3 Å². The molecule has 5 nitrogen and oxygen atoms in total. The highest BCUT2D eigenvalue weighted by atomic mass is 16.6. The lowest BCUT2D eigenvalue weighted by Gasteiger charge is -2.19. The van der Waals surface area contributed by atoms with Crippen LogP contribution in [-0.4, -0.2) is 23.2 Å². The van der Waals surface area contributed by atoms with Crippen LogP contribution in [0.3, 0.4) is 0 Å². The third-order valence-corrected chi connectivity index (χ3v) is 3.24. The fraction of sp³-hybridized carbons (Fsp3) is 0.368. The summed E-state index contributed by atoms with van der Waals surface area (Å²) in [5.74, 6) is 0. The standard InChI is InChI=1S/C19H25N3O2/c1-19(2,3)24-18(23)22-17-8-6-15(7-9-17)10-12-21-14-16-5-4-11-20-13-16/h4-9,11,13,21H,10,12,14H2,1-3H3,(H,22,23). The second-order valence-electron chi connectivity index (χ2n) is 6.61. The van der Waals surface area contributed by atoms with Gasteiger partial charge < -0.3 is 10.1 Å². The second-order valence-corrected chi connectivity index (χ2v) is 6.61. The van der Waals surface area contributed by atoms with Crippen LogP contribution in [0.15, 0.2) is 48.8 Å². The van der Waals surface area contributed by atoms with Crippen LogP contribution in [0.1, 0.15) is 31.9 Å². The summed E-state index contributed by atoms with van der Waals surface area (Å²) in [5.41, 5.74) is 2.62. The number of carbonyl (C=O) groups is 1. The smallest absolute Gasteiger partial charge is 0.412 e. The van der Waals surface area contributed by atoms with E-state index in [1.165, 1.54) is 11.1 Å². The van der Waals surface area contributed by atoms with E-state index in [1.807, 2.05) is 57.3 Å². The van der Waals surface area contributed by atoms with Crippen LogP contribution in [-0.2, 0) is 17.7 Å². The molecule has 1 aromatic heterocycles. The first-order valence-corrected chi connectivity index (χ1v) is 8.11. The van der Waals surface area contributed by atoms with E-state index in [-0.39, 0.29) is 0 Å². The Hall–Kier alpha value is -2.40. The highest BCUT2D eigenvalue weighted by Crippen LogP contribution is 2.13. The summed E-state index contributed by atoms with van der Waals surface area (Å²) in [6.07, 6.45) is 4.13. The highest BCUT2D eigenvalue weighted by molar-refractivity contribution is 5.84. The van der Waals surface area contributed by atoms with Crippen molar-refractivity contribution in [2.45, 2.75) is 39.3 Å². The topological polar surface area (TPSA) is 63.2 Å². The minimum Gasteiger partial charge on any atom is -0.444 e. The average Bonchev–Trinajstić information content (AvgIpc) is 2.52. The van der Waals surface area contributed by atoms with E-state index >= 15 is 0 Å². The molecule has 24 heavy (non-hydrogen) atoms. The number of nitrogens with one attached hydrogen (secondary N) is 2. The number of hydrogen-bond acceptors (Lipinski definition) is 4. The third-order valence-electron chi connectivity index (χ3n) is 3.24. The van der Waals surface area contributed by atoms with Gasteiger partial charge in [0.2, 0.25) is 0 Å². The van der Waals surface area contributed by atoms with Crippen molar-refractivity contribution >= 4 is 11.8 Å². The Morgan fingerprint density at radius 3 is 2.50 bits per heavy atom. The lowest BCUT2D eigenvalue weighted by Crippen LogP contribution is -2.27. The summed E-state index contributed by atoms with van der Waals surface area (Å²) in [4.78, 5) is 15.8. The second kappa shape index (κ2) is 8.45. The summed E-state index contributed by atoms with van der Waals surface area (Å²) in [7, 11) is 0. The third kappa shape index (κ3) is 6.79. The molecule has 128 valence electrons. The molecule has 0 bridgehead atoms. The van der Waals surface area contributed by atoms with Gasteiger partial charge in [0.1, 0.15) is 5.60 Å². The molecule has 0 spiro atoms. The van der Waals surface area contributed by atoms with Gasteiger partial charge in [-0.25, -0.2) is 4.79 Å². The van der Waals surface area contributed by atoms with Gasteiger partial charge in [0, 0.05) is 24.6 Å². The van der Waals surface area contributed by atoms with Gasteiger partial charge in [0.15, 0.2) is 0 Å². The van der Waals surface area contributed by atoms with Gasteiger partial charge in [-0.1, -0.05) is 18.2 Å². The lowest BCUT2D eigenvalue weighted by atomic mass is 10.1. The van der Waals surface area contributed by atoms with Crippen LogP contribution in [0.2, 0.25) is 0 Å². The molecule has 0 aliphatic carbocycles. The van der Waals surface area contributed by atoms with Crippen LogP contribution in [0.4, 0.5) is 10.5 Å². The predicted molar refractivity (Wildman–Crippen MR) is 95.9 cm³/mol. The average molecular weight is 327 g/mol. The first kappa shape index (κ1) is 17.9. The number of nitrogens with zero attached hydrogens (tertiary/aromatic N) is 1. The molecular formula is C19H25N3O2. The number of benzene rings is 1. The zero-order valence-electron chi connectivity index (χ0n) is 14.5. The van der Waals surface area contributed by atoms with Crippen molar-refractivity contribution in [3.8, 4) is 0 Å². The number of carbonyl (C=O) groups excluding carboxylic acids is 1. The van der Waals surface area contributed by atoms with Gasteiger partial charge in [-0.2, -0.15) is 0 Å². The van der Waals surface area contributed by atoms with Crippen molar-refractivity contribution in [1.29, 1.82) is 0 Å². The molecule has 0 aliphatic rings. The molecule has 0 saturated heterocycles. The molecule has 0 fully saturated rings. The number of aromatic nitrogens is 1. The van der Waals surface area contributed by atoms with Crippen LogP contribution in [0, 0.1) is 0 Å². The van der Waals surface area contributed by atoms with E-state index in [4.69, 9.17) is 4.74 Å². The molecule has 0 aliphatic heterocycles. The highest BCUT2D eigenvalue weighted by Gasteiger charge is 2.15. The van der Waals surface area contributed by atoms with E-state index in [0.717, 1.165) is 25.2 Å². The molecular weight excluding hydrogens is 302 g/mol. The fourth-order valence-corrected chi connectivity index (χ4v) is 2.14. The molecule has 0 atom stereocenters. The molecule has 2 aromatic rings. The molecule has 2 rings (SSSR count). The zero-order chi connectivity index (χ0) is 17.4. The lowest BCUT2D eigenvalue weighted by molar-refractivity contribution is 0.0636. The molecule has 0 radical (unpaired) electrons.